The van der Waals surface area contributed by atoms with E-state index < -0.39 is 45.5 Å². The van der Waals surface area contributed by atoms with Crippen molar-refractivity contribution in [2.45, 2.75) is 45.3 Å². The molecule has 1 aliphatic carbocycles. The summed E-state index contributed by atoms with van der Waals surface area (Å²) < 4.78 is 61.4. The second-order valence-corrected chi connectivity index (χ2v) is 10.9. The fraction of sp³-hybridized carbons (Fsp3) is 0.364. The molecule has 2 N–H and O–H groups in total. The number of carbonyl (C=O) groups is 2. The summed E-state index contributed by atoms with van der Waals surface area (Å²) in [5.74, 6) is -1.93. The first-order valence-electron chi connectivity index (χ1n) is 10.3. The van der Waals surface area contributed by atoms with Gasteiger partial charge in [-0.05, 0) is 69.5 Å². The Balaban J connectivity index is 1.84. The predicted molar refractivity (Wildman–Crippen MR) is 123 cm³/mol. The Morgan fingerprint density at radius 2 is 1.79 bits per heavy atom. The van der Waals surface area contributed by atoms with Crippen LogP contribution in [0, 0.1) is 11.6 Å². The molecule has 12 heteroatoms. The van der Waals surface area contributed by atoms with Gasteiger partial charge in [-0.3, -0.25) is 4.79 Å². The Hall–Kier alpha value is -2.76. The zero-order chi connectivity index (χ0) is 25.4. The summed E-state index contributed by atoms with van der Waals surface area (Å²) in [6.07, 6.45) is -0.714. The number of rotatable bonds is 5. The Morgan fingerprint density at radius 1 is 1.15 bits per heavy atom. The maximum Gasteiger partial charge on any atom is 0.424 e. The van der Waals surface area contributed by atoms with E-state index in [2.05, 4.69) is 10.0 Å². The number of carbonyl (C=O) groups excluding carboxylic acids is 2. The summed E-state index contributed by atoms with van der Waals surface area (Å²) in [5, 5.41) is 2.40. The molecule has 0 aliphatic heterocycles. The van der Waals surface area contributed by atoms with Crippen molar-refractivity contribution < 1.29 is 31.5 Å². The van der Waals surface area contributed by atoms with Gasteiger partial charge in [0.25, 0.3) is 5.91 Å². The smallest absolute Gasteiger partial charge is 0.424 e. The zero-order valence-corrected chi connectivity index (χ0v) is 20.5. The highest BCUT2D eigenvalue weighted by atomic mass is 35.5. The van der Waals surface area contributed by atoms with E-state index in [1.165, 1.54) is 18.2 Å². The molecule has 0 spiro atoms. The van der Waals surface area contributed by atoms with Crippen molar-refractivity contribution in [2.75, 3.05) is 12.4 Å². The number of benzene rings is 2. The number of nitrogens with one attached hydrogen (secondary N) is 2. The maximum atomic E-state index is 14.7. The molecular weight excluding hydrogens is 492 g/mol. The van der Waals surface area contributed by atoms with Crippen molar-refractivity contribution >= 4 is 39.5 Å². The first-order valence-corrected chi connectivity index (χ1v) is 12.1. The molecule has 0 heterocycles. The van der Waals surface area contributed by atoms with Crippen LogP contribution >= 0.6 is 11.6 Å². The first-order chi connectivity index (χ1) is 15.7. The van der Waals surface area contributed by atoms with Gasteiger partial charge in [0.05, 0.1) is 11.1 Å². The van der Waals surface area contributed by atoms with E-state index in [-0.39, 0.29) is 34.7 Å². The molecule has 0 unspecified atom stereocenters. The second kappa shape index (κ2) is 9.47. The molecule has 0 radical (unpaired) electrons. The number of ether oxygens (including phenoxy) is 1. The molecule has 2 aromatic carbocycles. The summed E-state index contributed by atoms with van der Waals surface area (Å²) >= 11 is 5.74. The van der Waals surface area contributed by atoms with Gasteiger partial charge in [-0.15, -0.1) is 0 Å². The van der Waals surface area contributed by atoms with Gasteiger partial charge in [0.2, 0.25) is 0 Å². The topological polar surface area (TPSA) is 105 Å². The predicted octanol–water partition coefficient (Wildman–Crippen LogP) is 4.56. The van der Waals surface area contributed by atoms with Crippen LogP contribution in [-0.4, -0.2) is 37.4 Å². The van der Waals surface area contributed by atoms with Crippen molar-refractivity contribution in [3.63, 3.8) is 0 Å². The van der Waals surface area contributed by atoms with Crippen LogP contribution in [-0.2, 0) is 21.4 Å². The average molecular weight is 516 g/mol. The van der Waals surface area contributed by atoms with E-state index >= 15 is 0 Å². The molecule has 0 saturated heterocycles. The monoisotopic (exact) mass is 515 g/mol. The molecule has 184 valence electrons. The maximum absolute atomic E-state index is 14.7. The third-order valence-electron chi connectivity index (χ3n) is 5.06. The fourth-order valence-corrected chi connectivity index (χ4v) is 4.67. The molecule has 0 bridgehead atoms. The van der Waals surface area contributed by atoms with Crippen molar-refractivity contribution in [1.29, 1.82) is 0 Å². The second-order valence-electron chi connectivity index (χ2n) is 8.73. The molecule has 1 atom stereocenters. The molecule has 3 rings (SSSR count). The lowest BCUT2D eigenvalue weighted by Crippen LogP contribution is -2.45. The number of fused-ring (bicyclic) bond motifs is 1. The van der Waals surface area contributed by atoms with E-state index in [1.54, 1.807) is 20.8 Å². The molecule has 8 nitrogen and oxygen atoms in total. The number of halogens is 3. The average Bonchev–Trinajstić information content (AvgIpc) is 3.12. The normalized spacial score (nSPS) is 15.6. The highest BCUT2D eigenvalue weighted by Gasteiger charge is 2.36. The van der Waals surface area contributed by atoms with Gasteiger partial charge in [0.1, 0.15) is 17.2 Å². The van der Waals surface area contributed by atoms with Crippen molar-refractivity contribution in [2.24, 2.45) is 0 Å². The molecule has 0 aromatic heterocycles. The van der Waals surface area contributed by atoms with Gasteiger partial charge < -0.3 is 10.1 Å². The minimum atomic E-state index is -4.37. The molecule has 2 amide bonds. The number of anilines is 1. The minimum Gasteiger partial charge on any atom is -0.443 e. The lowest BCUT2D eigenvalue weighted by Gasteiger charge is -2.25. The Labute approximate surface area is 201 Å². The highest BCUT2D eigenvalue weighted by Crippen LogP contribution is 2.36. The van der Waals surface area contributed by atoms with E-state index in [4.69, 9.17) is 16.3 Å². The SMILES string of the molecule is CN(C(=O)OC(C)(C)C)S(=O)(=O)N[C@H]1CCc2c(C(=O)Nc3ccc(F)c(Cl)c3)ccc(F)c21. The molecule has 2 aromatic rings. The Kier molecular flexibility index (Phi) is 7.20. The van der Waals surface area contributed by atoms with E-state index in [0.29, 0.717) is 9.87 Å². The summed E-state index contributed by atoms with van der Waals surface area (Å²) in [4.78, 5) is 25.0. The van der Waals surface area contributed by atoms with Crippen LogP contribution in [0.5, 0.6) is 0 Å². The van der Waals surface area contributed by atoms with Crippen LogP contribution in [0.15, 0.2) is 30.3 Å². The van der Waals surface area contributed by atoms with Gasteiger partial charge in [0.15, 0.2) is 0 Å². The van der Waals surface area contributed by atoms with Crippen LogP contribution in [0.25, 0.3) is 0 Å². The molecule has 0 fully saturated rings. The Bertz CT molecular complexity index is 1250. The lowest BCUT2D eigenvalue weighted by molar-refractivity contribution is 0.0418. The Morgan fingerprint density at radius 3 is 2.41 bits per heavy atom. The third-order valence-corrected chi connectivity index (χ3v) is 6.80. The van der Waals surface area contributed by atoms with Gasteiger partial charge in [0, 0.05) is 23.9 Å². The number of amides is 2. The standard InChI is InChI=1S/C22H24ClF2N3O5S/c1-22(2,3)33-21(30)28(4)34(31,32)27-18-10-7-13-14(6-9-17(25)19(13)18)20(29)26-12-5-8-16(24)15(23)11-12/h5-6,8-9,11,18,27H,7,10H2,1-4H3,(H,26,29)/t18-/m0/s1. The lowest BCUT2D eigenvalue weighted by atomic mass is 10.0. The number of nitrogens with zero attached hydrogens (tertiary/aromatic N) is 1. The zero-order valence-electron chi connectivity index (χ0n) is 18.9. The summed E-state index contributed by atoms with van der Waals surface area (Å²) in [6, 6.07) is 5.01. The molecular formula is C22H24ClF2N3O5S. The highest BCUT2D eigenvalue weighted by molar-refractivity contribution is 7.87. The largest absolute Gasteiger partial charge is 0.443 e. The van der Waals surface area contributed by atoms with Gasteiger partial charge >= 0.3 is 16.3 Å². The van der Waals surface area contributed by atoms with Crippen LogP contribution < -0.4 is 10.0 Å². The van der Waals surface area contributed by atoms with Crippen LogP contribution in [0.4, 0.5) is 19.3 Å². The van der Waals surface area contributed by atoms with Crippen LogP contribution in [0.1, 0.15) is 54.7 Å². The minimum absolute atomic E-state index is 0.0194. The van der Waals surface area contributed by atoms with E-state index in [1.807, 2.05) is 0 Å². The quantitative estimate of drug-likeness (QED) is 0.607. The number of hydrogen-bond donors (Lipinski definition) is 2. The van der Waals surface area contributed by atoms with Crippen molar-refractivity contribution in [3.05, 3.63) is 63.7 Å². The molecule has 34 heavy (non-hydrogen) atoms. The fourth-order valence-electron chi connectivity index (χ4n) is 3.50. The summed E-state index contributed by atoms with van der Waals surface area (Å²) in [6.45, 7) is 4.77. The van der Waals surface area contributed by atoms with E-state index in [0.717, 1.165) is 19.2 Å². The molecule has 0 saturated carbocycles. The van der Waals surface area contributed by atoms with Crippen LogP contribution in [0.3, 0.4) is 0 Å². The van der Waals surface area contributed by atoms with Gasteiger partial charge in [-0.2, -0.15) is 17.4 Å². The third kappa shape index (κ3) is 5.65. The summed E-state index contributed by atoms with van der Waals surface area (Å²) in [5.41, 5.74) is -0.184. The molecule has 1 aliphatic rings. The van der Waals surface area contributed by atoms with Crippen LogP contribution in [0.2, 0.25) is 5.02 Å². The van der Waals surface area contributed by atoms with Gasteiger partial charge in [-0.1, -0.05) is 11.6 Å². The van der Waals surface area contributed by atoms with Gasteiger partial charge in [-0.25, -0.2) is 13.6 Å². The van der Waals surface area contributed by atoms with Crippen molar-refractivity contribution in [3.8, 4) is 0 Å². The van der Waals surface area contributed by atoms with E-state index in [9.17, 15) is 26.8 Å². The van der Waals surface area contributed by atoms with Crippen molar-refractivity contribution in [1.82, 2.24) is 9.03 Å². The first kappa shape index (κ1) is 25.9. The summed E-state index contributed by atoms with van der Waals surface area (Å²) in [7, 11) is -3.35. The number of hydrogen-bond acceptors (Lipinski definition) is 5.